The van der Waals surface area contributed by atoms with E-state index in [0.717, 1.165) is 13.1 Å². The Morgan fingerprint density at radius 2 is 1.83 bits per heavy atom. The van der Waals surface area contributed by atoms with Gasteiger partial charge in [0.2, 0.25) is 0 Å². The largest absolute Gasteiger partial charge is 0.481 e. The number of carbonyl (C=O) groups is 1. The SMILES string of the molecule is CC(C(=O)O)C(C)N1CCCC1. The third-order valence-corrected chi connectivity index (χ3v) is 2.83. The maximum atomic E-state index is 10.7. The average molecular weight is 171 g/mol. The van der Waals surface area contributed by atoms with Crippen LogP contribution in [0.5, 0.6) is 0 Å². The van der Waals surface area contributed by atoms with Gasteiger partial charge >= 0.3 is 5.97 Å². The first-order valence-corrected chi connectivity index (χ1v) is 4.60. The van der Waals surface area contributed by atoms with Crippen molar-refractivity contribution in [1.29, 1.82) is 0 Å². The van der Waals surface area contributed by atoms with Crippen LogP contribution in [-0.2, 0) is 4.79 Å². The molecule has 1 N–H and O–H groups in total. The van der Waals surface area contributed by atoms with Crippen LogP contribution in [0.25, 0.3) is 0 Å². The molecule has 1 rings (SSSR count). The molecule has 0 amide bonds. The molecule has 0 bridgehead atoms. The first-order valence-electron chi connectivity index (χ1n) is 4.60. The molecule has 3 nitrogen and oxygen atoms in total. The van der Waals surface area contributed by atoms with Gasteiger partial charge < -0.3 is 5.11 Å². The van der Waals surface area contributed by atoms with Gasteiger partial charge in [-0.3, -0.25) is 9.69 Å². The van der Waals surface area contributed by atoms with E-state index in [2.05, 4.69) is 4.90 Å². The van der Waals surface area contributed by atoms with E-state index in [0.29, 0.717) is 0 Å². The Hall–Kier alpha value is -0.570. The van der Waals surface area contributed by atoms with E-state index in [4.69, 9.17) is 5.11 Å². The molecule has 0 aromatic heterocycles. The van der Waals surface area contributed by atoms with Gasteiger partial charge in [-0.25, -0.2) is 0 Å². The Kier molecular flexibility index (Phi) is 3.09. The van der Waals surface area contributed by atoms with Crippen molar-refractivity contribution in [3.63, 3.8) is 0 Å². The Bertz CT molecular complexity index is 164. The highest BCUT2D eigenvalue weighted by Crippen LogP contribution is 2.17. The van der Waals surface area contributed by atoms with E-state index in [-0.39, 0.29) is 12.0 Å². The fourth-order valence-electron chi connectivity index (χ4n) is 1.67. The topological polar surface area (TPSA) is 40.5 Å². The molecule has 12 heavy (non-hydrogen) atoms. The van der Waals surface area contributed by atoms with Crippen molar-refractivity contribution in [3.8, 4) is 0 Å². The van der Waals surface area contributed by atoms with Crippen LogP contribution >= 0.6 is 0 Å². The second-order valence-corrected chi connectivity index (χ2v) is 3.61. The highest BCUT2D eigenvalue weighted by atomic mass is 16.4. The lowest BCUT2D eigenvalue weighted by Gasteiger charge is -2.26. The number of likely N-dealkylation sites (tertiary alicyclic amines) is 1. The van der Waals surface area contributed by atoms with Crippen molar-refractivity contribution in [2.75, 3.05) is 13.1 Å². The van der Waals surface area contributed by atoms with E-state index in [1.54, 1.807) is 6.92 Å². The summed E-state index contributed by atoms with van der Waals surface area (Å²) in [5, 5.41) is 8.79. The molecule has 0 aromatic carbocycles. The third-order valence-electron chi connectivity index (χ3n) is 2.83. The zero-order chi connectivity index (χ0) is 9.14. The Morgan fingerprint density at radius 3 is 2.25 bits per heavy atom. The fourth-order valence-corrected chi connectivity index (χ4v) is 1.67. The van der Waals surface area contributed by atoms with E-state index >= 15 is 0 Å². The number of aliphatic carboxylic acids is 1. The van der Waals surface area contributed by atoms with E-state index in [1.165, 1.54) is 12.8 Å². The number of carboxylic acid groups (broad SMARTS) is 1. The molecule has 2 atom stereocenters. The van der Waals surface area contributed by atoms with Crippen molar-refractivity contribution < 1.29 is 9.90 Å². The summed E-state index contributed by atoms with van der Waals surface area (Å²) >= 11 is 0. The lowest BCUT2D eigenvalue weighted by Crippen LogP contribution is -2.38. The summed E-state index contributed by atoms with van der Waals surface area (Å²) in [7, 11) is 0. The van der Waals surface area contributed by atoms with Crippen molar-refractivity contribution in [1.82, 2.24) is 4.90 Å². The Labute approximate surface area is 73.4 Å². The molecule has 0 aliphatic carbocycles. The van der Waals surface area contributed by atoms with E-state index < -0.39 is 5.97 Å². The Balaban J connectivity index is 2.44. The molecule has 1 aliphatic heterocycles. The van der Waals surface area contributed by atoms with Gasteiger partial charge in [0.25, 0.3) is 0 Å². The molecule has 0 aromatic rings. The van der Waals surface area contributed by atoms with E-state index in [1.807, 2.05) is 6.92 Å². The van der Waals surface area contributed by atoms with Crippen molar-refractivity contribution >= 4 is 5.97 Å². The van der Waals surface area contributed by atoms with Gasteiger partial charge in [0.1, 0.15) is 0 Å². The maximum Gasteiger partial charge on any atom is 0.307 e. The summed E-state index contributed by atoms with van der Waals surface area (Å²) in [6.45, 7) is 5.92. The summed E-state index contributed by atoms with van der Waals surface area (Å²) in [6.07, 6.45) is 2.44. The molecule has 2 unspecified atom stereocenters. The highest BCUT2D eigenvalue weighted by Gasteiger charge is 2.26. The van der Waals surface area contributed by atoms with Gasteiger partial charge in [0, 0.05) is 6.04 Å². The van der Waals surface area contributed by atoms with Crippen molar-refractivity contribution in [3.05, 3.63) is 0 Å². The lowest BCUT2D eigenvalue weighted by molar-refractivity contribution is -0.143. The molecule has 1 heterocycles. The summed E-state index contributed by atoms with van der Waals surface area (Å²) < 4.78 is 0. The molecule has 1 aliphatic rings. The quantitative estimate of drug-likeness (QED) is 0.693. The van der Waals surface area contributed by atoms with Gasteiger partial charge in [-0.1, -0.05) is 6.92 Å². The molecule has 3 heteroatoms. The van der Waals surface area contributed by atoms with Gasteiger partial charge in [-0.2, -0.15) is 0 Å². The number of rotatable bonds is 3. The molecule has 1 saturated heterocycles. The minimum Gasteiger partial charge on any atom is -0.481 e. The first kappa shape index (κ1) is 9.52. The maximum absolute atomic E-state index is 10.7. The summed E-state index contributed by atoms with van der Waals surface area (Å²) in [6, 6.07) is 0.185. The van der Waals surface area contributed by atoms with Crippen LogP contribution in [-0.4, -0.2) is 35.1 Å². The Morgan fingerprint density at radius 1 is 1.33 bits per heavy atom. The van der Waals surface area contributed by atoms with Gasteiger partial charge in [0.05, 0.1) is 5.92 Å². The minimum atomic E-state index is -0.686. The predicted octanol–water partition coefficient (Wildman–Crippen LogP) is 1.19. The van der Waals surface area contributed by atoms with Crippen LogP contribution in [0.2, 0.25) is 0 Å². The lowest BCUT2D eigenvalue weighted by atomic mass is 10.0. The van der Waals surface area contributed by atoms with Crippen LogP contribution in [0, 0.1) is 5.92 Å². The zero-order valence-electron chi connectivity index (χ0n) is 7.79. The number of hydrogen-bond acceptors (Lipinski definition) is 2. The van der Waals surface area contributed by atoms with E-state index in [9.17, 15) is 4.79 Å². The van der Waals surface area contributed by atoms with Crippen LogP contribution in [0.3, 0.4) is 0 Å². The van der Waals surface area contributed by atoms with Crippen LogP contribution in [0.4, 0.5) is 0 Å². The van der Waals surface area contributed by atoms with Crippen LogP contribution in [0.15, 0.2) is 0 Å². The summed E-state index contributed by atoms with van der Waals surface area (Å²) in [5.41, 5.74) is 0. The van der Waals surface area contributed by atoms with Gasteiger partial charge in [-0.15, -0.1) is 0 Å². The molecule has 70 valence electrons. The van der Waals surface area contributed by atoms with Gasteiger partial charge in [0.15, 0.2) is 0 Å². The van der Waals surface area contributed by atoms with Crippen molar-refractivity contribution in [2.45, 2.75) is 32.7 Å². The molecular formula is C9H17NO2. The van der Waals surface area contributed by atoms with Gasteiger partial charge in [-0.05, 0) is 32.9 Å². The standard InChI is InChI=1S/C9H17NO2/c1-7(9(11)12)8(2)10-5-3-4-6-10/h7-8H,3-6H2,1-2H3,(H,11,12). The fraction of sp³-hybridized carbons (Fsp3) is 0.889. The summed E-state index contributed by atoms with van der Waals surface area (Å²) in [4.78, 5) is 12.9. The molecule has 0 saturated carbocycles. The number of nitrogens with zero attached hydrogens (tertiary/aromatic N) is 1. The number of hydrogen-bond donors (Lipinski definition) is 1. The molecule has 1 fully saturated rings. The van der Waals surface area contributed by atoms with Crippen LogP contribution in [0.1, 0.15) is 26.7 Å². The third kappa shape index (κ3) is 1.97. The zero-order valence-corrected chi connectivity index (χ0v) is 7.79. The monoisotopic (exact) mass is 171 g/mol. The molecule has 0 spiro atoms. The predicted molar refractivity (Wildman–Crippen MR) is 47.1 cm³/mol. The first-order chi connectivity index (χ1) is 5.63. The highest BCUT2D eigenvalue weighted by molar-refractivity contribution is 5.70. The normalized spacial score (nSPS) is 23.8. The minimum absolute atomic E-state index is 0.185. The van der Waals surface area contributed by atoms with Crippen LogP contribution < -0.4 is 0 Å². The second-order valence-electron chi connectivity index (χ2n) is 3.61. The smallest absolute Gasteiger partial charge is 0.307 e. The summed E-state index contributed by atoms with van der Waals surface area (Å²) in [5.74, 6) is -0.933. The number of carboxylic acids is 1. The second kappa shape index (κ2) is 3.90. The molecule has 0 radical (unpaired) electrons. The molecular weight excluding hydrogens is 154 g/mol. The average Bonchev–Trinajstić information content (AvgIpc) is 2.53. The van der Waals surface area contributed by atoms with Crippen molar-refractivity contribution in [2.24, 2.45) is 5.92 Å².